The van der Waals surface area contributed by atoms with Crippen LogP contribution in [0.1, 0.15) is 56.7 Å². The largest absolute Gasteiger partial charge is 0.352 e. The summed E-state index contributed by atoms with van der Waals surface area (Å²) < 4.78 is 26.5. The molecule has 0 aromatic heterocycles. The summed E-state index contributed by atoms with van der Waals surface area (Å²) in [4.78, 5) is 27.8. The Kier molecular flexibility index (Phi) is 11.0. The van der Waals surface area contributed by atoms with Crippen molar-refractivity contribution in [1.29, 1.82) is 0 Å². The van der Waals surface area contributed by atoms with E-state index < -0.39 is 16.1 Å². The first-order valence-electron chi connectivity index (χ1n) is 12.6. The van der Waals surface area contributed by atoms with Crippen LogP contribution in [-0.2, 0) is 26.0 Å². The maximum atomic E-state index is 13.3. The van der Waals surface area contributed by atoms with Crippen LogP contribution in [0.25, 0.3) is 0 Å². The summed E-state index contributed by atoms with van der Waals surface area (Å²) in [5.41, 5.74) is 3.62. The van der Waals surface area contributed by atoms with E-state index in [1.807, 2.05) is 70.2 Å². The van der Waals surface area contributed by atoms with E-state index in [0.29, 0.717) is 25.1 Å². The number of hydrogen-bond donors (Lipinski definition) is 1. The van der Waals surface area contributed by atoms with Gasteiger partial charge in [-0.2, -0.15) is 0 Å². The van der Waals surface area contributed by atoms with Gasteiger partial charge in [0.05, 0.1) is 11.9 Å². The number of nitrogens with zero attached hydrogens (tertiary/aromatic N) is 2. The predicted octanol–water partition coefficient (Wildman–Crippen LogP) is 4.22. The molecule has 7 nitrogen and oxygen atoms in total. The minimum absolute atomic E-state index is 0.0203. The highest BCUT2D eigenvalue weighted by Gasteiger charge is 2.27. The van der Waals surface area contributed by atoms with Crippen LogP contribution < -0.4 is 9.62 Å². The fraction of sp³-hybridized carbons (Fsp3) is 0.500. The van der Waals surface area contributed by atoms with E-state index in [9.17, 15) is 18.0 Å². The number of carbonyl (C=O) groups is 2. The topological polar surface area (TPSA) is 86.8 Å². The molecular formula is C28H41N3O4S. The van der Waals surface area contributed by atoms with Crippen LogP contribution in [-0.4, -0.2) is 56.6 Å². The van der Waals surface area contributed by atoms with E-state index in [-0.39, 0.29) is 30.8 Å². The van der Waals surface area contributed by atoms with Gasteiger partial charge in [0.1, 0.15) is 6.04 Å². The molecule has 0 aliphatic heterocycles. The van der Waals surface area contributed by atoms with Gasteiger partial charge in [0, 0.05) is 25.6 Å². The number of sulfonamides is 1. The van der Waals surface area contributed by atoms with E-state index in [1.54, 1.807) is 17.9 Å². The molecule has 2 aromatic carbocycles. The molecule has 0 aliphatic rings. The molecule has 198 valence electrons. The molecule has 2 rings (SSSR count). The van der Waals surface area contributed by atoms with Gasteiger partial charge in [0.15, 0.2) is 0 Å². The fourth-order valence-corrected chi connectivity index (χ4v) is 5.04. The van der Waals surface area contributed by atoms with Crippen molar-refractivity contribution >= 4 is 27.5 Å². The fourth-order valence-electron chi connectivity index (χ4n) is 4.02. The zero-order chi connectivity index (χ0) is 26.9. The molecule has 0 radical (unpaired) electrons. The van der Waals surface area contributed by atoms with Gasteiger partial charge < -0.3 is 10.2 Å². The molecule has 0 fully saturated rings. The van der Waals surface area contributed by atoms with Gasteiger partial charge in [-0.25, -0.2) is 8.42 Å². The van der Waals surface area contributed by atoms with Crippen molar-refractivity contribution in [3.63, 3.8) is 0 Å². The van der Waals surface area contributed by atoms with Crippen molar-refractivity contribution in [2.75, 3.05) is 23.7 Å². The van der Waals surface area contributed by atoms with Crippen molar-refractivity contribution in [3.8, 4) is 0 Å². The van der Waals surface area contributed by atoms with Crippen LogP contribution in [0.2, 0.25) is 0 Å². The van der Waals surface area contributed by atoms with Gasteiger partial charge in [-0.15, -0.1) is 0 Å². The normalized spacial score (nSPS) is 13.1. The van der Waals surface area contributed by atoms with Crippen LogP contribution in [0.3, 0.4) is 0 Å². The van der Waals surface area contributed by atoms with Gasteiger partial charge in [-0.05, 0) is 69.7 Å². The highest BCUT2D eigenvalue weighted by Crippen LogP contribution is 2.25. The SMILES string of the molecule is CC[C@@H](C)NC(=O)[C@H](C)N(CCc1ccccc1)C(=O)CCCN(c1cccc(C)c1C)S(C)(=O)=O. The number of hydrogen-bond acceptors (Lipinski definition) is 4. The Hall–Kier alpha value is -2.87. The summed E-state index contributed by atoms with van der Waals surface area (Å²) in [5.74, 6) is -0.342. The Labute approximate surface area is 216 Å². The second-order valence-electron chi connectivity index (χ2n) is 9.47. The quantitative estimate of drug-likeness (QED) is 0.433. The Morgan fingerprint density at radius 2 is 1.64 bits per heavy atom. The molecule has 36 heavy (non-hydrogen) atoms. The predicted molar refractivity (Wildman–Crippen MR) is 147 cm³/mol. The molecule has 0 saturated heterocycles. The summed E-state index contributed by atoms with van der Waals surface area (Å²) in [6.07, 6.45) is 3.11. The number of rotatable bonds is 13. The molecule has 0 bridgehead atoms. The van der Waals surface area contributed by atoms with Crippen LogP contribution >= 0.6 is 0 Å². The van der Waals surface area contributed by atoms with Gasteiger partial charge in [-0.3, -0.25) is 13.9 Å². The lowest BCUT2D eigenvalue weighted by atomic mass is 10.1. The zero-order valence-corrected chi connectivity index (χ0v) is 23.3. The van der Waals surface area contributed by atoms with Crippen molar-refractivity contribution < 1.29 is 18.0 Å². The molecule has 2 amide bonds. The minimum atomic E-state index is -3.52. The number of benzene rings is 2. The summed E-state index contributed by atoms with van der Waals surface area (Å²) in [7, 11) is -3.52. The van der Waals surface area contributed by atoms with Gasteiger partial charge in [0.2, 0.25) is 21.8 Å². The summed E-state index contributed by atoms with van der Waals surface area (Å²) in [5, 5.41) is 2.97. The monoisotopic (exact) mass is 515 g/mol. The van der Waals surface area contributed by atoms with Crippen molar-refractivity contribution in [2.24, 2.45) is 0 Å². The number of nitrogens with one attached hydrogen (secondary N) is 1. The number of carbonyl (C=O) groups excluding carboxylic acids is 2. The van der Waals surface area contributed by atoms with Crippen LogP contribution in [0.4, 0.5) is 5.69 Å². The lowest BCUT2D eigenvalue weighted by Gasteiger charge is -2.30. The smallest absolute Gasteiger partial charge is 0.242 e. The third kappa shape index (κ3) is 8.36. The standard InChI is InChI=1S/C28H41N3O4S/c1-7-22(3)29-28(33)24(5)30(20-18-25-14-9-8-10-15-25)27(32)17-12-19-31(36(6,34)35)26-16-11-13-21(2)23(26)4/h8-11,13-16,22,24H,7,12,17-20H2,1-6H3,(H,29,33)/t22-,24+/m1/s1. The summed E-state index contributed by atoms with van der Waals surface area (Å²) in [6, 6.07) is 14.8. The van der Waals surface area contributed by atoms with Gasteiger partial charge >= 0.3 is 0 Å². The lowest BCUT2D eigenvalue weighted by Crippen LogP contribution is -2.50. The molecule has 0 aliphatic carbocycles. The van der Waals surface area contributed by atoms with Crippen molar-refractivity contribution in [3.05, 3.63) is 65.2 Å². The minimum Gasteiger partial charge on any atom is -0.352 e. The molecule has 0 saturated carbocycles. The second kappa shape index (κ2) is 13.4. The van der Waals surface area contributed by atoms with Crippen molar-refractivity contribution in [1.82, 2.24) is 10.2 Å². The summed E-state index contributed by atoms with van der Waals surface area (Å²) >= 11 is 0. The number of aryl methyl sites for hydroxylation is 1. The Morgan fingerprint density at radius 3 is 2.25 bits per heavy atom. The van der Waals surface area contributed by atoms with E-state index in [1.165, 1.54) is 10.6 Å². The molecule has 2 aromatic rings. The molecule has 1 N–H and O–H groups in total. The number of amides is 2. The molecule has 0 spiro atoms. The van der Waals surface area contributed by atoms with E-state index in [4.69, 9.17) is 0 Å². The van der Waals surface area contributed by atoms with Crippen LogP contribution in [0.5, 0.6) is 0 Å². The molecular weight excluding hydrogens is 474 g/mol. The Morgan fingerprint density at radius 1 is 0.972 bits per heavy atom. The average Bonchev–Trinajstić information content (AvgIpc) is 2.83. The molecule has 0 unspecified atom stereocenters. The average molecular weight is 516 g/mol. The maximum absolute atomic E-state index is 13.3. The first-order chi connectivity index (χ1) is 17.0. The molecule has 0 heterocycles. The third-order valence-electron chi connectivity index (χ3n) is 6.65. The Bertz CT molecular complexity index is 1120. The first-order valence-corrected chi connectivity index (χ1v) is 14.5. The first kappa shape index (κ1) is 29.4. The van der Waals surface area contributed by atoms with E-state index >= 15 is 0 Å². The maximum Gasteiger partial charge on any atom is 0.242 e. The third-order valence-corrected chi connectivity index (χ3v) is 7.83. The number of anilines is 1. The molecule has 2 atom stereocenters. The van der Waals surface area contributed by atoms with E-state index in [0.717, 1.165) is 23.1 Å². The Balaban J connectivity index is 2.15. The van der Waals surface area contributed by atoms with E-state index in [2.05, 4.69) is 5.32 Å². The van der Waals surface area contributed by atoms with Gasteiger partial charge in [0.25, 0.3) is 0 Å². The van der Waals surface area contributed by atoms with Crippen LogP contribution in [0, 0.1) is 13.8 Å². The second-order valence-corrected chi connectivity index (χ2v) is 11.4. The van der Waals surface area contributed by atoms with Crippen molar-refractivity contribution in [2.45, 2.75) is 72.4 Å². The zero-order valence-electron chi connectivity index (χ0n) is 22.5. The highest BCUT2D eigenvalue weighted by atomic mass is 32.2. The van der Waals surface area contributed by atoms with Gasteiger partial charge in [-0.1, -0.05) is 49.4 Å². The van der Waals surface area contributed by atoms with Crippen LogP contribution in [0.15, 0.2) is 48.5 Å². The molecule has 8 heteroatoms. The highest BCUT2D eigenvalue weighted by molar-refractivity contribution is 7.92. The lowest BCUT2D eigenvalue weighted by molar-refractivity contribution is -0.140. The summed E-state index contributed by atoms with van der Waals surface area (Å²) in [6.45, 7) is 10.1.